The van der Waals surface area contributed by atoms with Gasteiger partial charge in [-0.15, -0.1) is 0 Å². The van der Waals surface area contributed by atoms with E-state index in [0.717, 1.165) is 23.9 Å². The molecule has 3 aromatic rings. The van der Waals surface area contributed by atoms with Gasteiger partial charge in [0.25, 0.3) is 0 Å². The smallest absolute Gasteiger partial charge is 0.157 e. The highest BCUT2D eigenvalue weighted by molar-refractivity contribution is 5.79. The fraction of sp³-hybridized carbons (Fsp3) is 0.304. The Morgan fingerprint density at radius 1 is 1.10 bits per heavy atom. The highest BCUT2D eigenvalue weighted by atomic mass is 16.3. The molecule has 0 amide bonds. The summed E-state index contributed by atoms with van der Waals surface area (Å²) in [7, 11) is 3.96. The first-order valence-electron chi connectivity index (χ1n) is 9.96. The number of phenolic OH excluding ortho intramolecular Hbond substituents is 2. The lowest BCUT2D eigenvalue weighted by Crippen LogP contribution is -2.32. The molecule has 3 rings (SSSR count). The van der Waals surface area contributed by atoms with Crippen LogP contribution in [0.1, 0.15) is 36.3 Å². The van der Waals surface area contributed by atoms with Gasteiger partial charge in [0.15, 0.2) is 11.5 Å². The molecule has 0 saturated carbocycles. The van der Waals surface area contributed by atoms with Gasteiger partial charge < -0.3 is 30.3 Å². The van der Waals surface area contributed by atoms with E-state index < -0.39 is 6.04 Å². The third-order valence-corrected chi connectivity index (χ3v) is 5.06. The minimum atomic E-state index is -0.535. The molecule has 0 saturated heterocycles. The molecule has 0 radical (unpaired) electrons. The Kier molecular flexibility index (Phi) is 6.54. The van der Waals surface area contributed by atoms with Crippen molar-refractivity contribution in [3.8, 4) is 11.5 Å². The molecular formula is C23H30N4O3. The average Bonchev–Trinajstić information content (AvgIpc) is 3.11. The Bertz CT molecular complexity index is 1040. The molecule has 6 N–H and O–H groups in total. The van der Waals surface area contributed by atoms with Crippen molar-refractivity contribution in [2.24, 2.45) is 11.6 Å². The number of hydrogen-bond donors (Lipinski definition) is 4. The number of hydrazine groups is 1. The van der Waals surface area contributed by atoms with Gasteiger partial charge in [-0.3, -0.25) is 0 Å². The minimum Gasteiger partial charge on any atom is -0.504 e. The van der Waals surface area contributed by atoms with Crippen LogP contribution in [0.25, 0.3) is 11.0 Å². The van der Waals surface area contributed by atoms with Crippen LogP contribution in [0.4, 0.5) is 0 Å². The standard InChI is InChI=1S/C23H30N4O3/c1-4-15-5-6-16-13-22(30-21(16)11-15)23(17-7-8-19(28)20(29)12-17)27(25)14-18(24)9-10-26(2)3/h5-8,11-14,23,28-29H,4,9-10,24-25H2,1-3H3/b18-14-. The van der Waals surface area contributed by atoms with E-state index in [4.69, 9.17) is 16.0 Å². The van der Waals surface area contributed by atoms with Gasteiger partial charge in [-0.25, -0.2) is 5.84 Å². The molecule has 160 valence electrons. The quantitative estimate of drug-likeness (QED) is 0.256. The second-order valence-corrected chi connectivity index (χ2v) is 7.73. The summed E-state index contributed by atoms with van der Waals surface area (Å²) in [5, 5.41) is 22.2. The largest absolute Gasteiger partial charge is 0.504 e. The van der Waals surface area contributed by atoms with Crippen LogP contribution in [-0.4, -0.2) is 40.8 Å². The van der Waals surface area contributed by atoms with Crippen LogP contribution < -0.4 is 11.6 Å². The zero-order valence-corrected chi connectivity index (χ0v) is 17.7. The molecule has 30 heavy (non-hydrogen) atoms. The molecule has 0 aliphatic carbocycles. The van der Waals surface area contributed by atoms with Crippen molar-refractivity contribution >= 4 is 11.0 Å². The lowest BCUT2D eigenvalue weighted by molar-refractivity contribution is 0.287. The molecule has 1 atom stereocenters. The number of hydrogen-bond acceptors (Lipinski definition) is 7. The molecule has 0 aliphatic heterocycles. The minimum absolute atomic E-state index is 0.195. The number of aromatic hydroxyl groups is 2. The normalized spacial score (nSPS) is 13.2. The van der Waals surface area contributed by atoms with Gasteiger partial charge in [-0.05, 0) is 55.9 Å². The molecular weight excluding hydrogens is 380 g/mol. The summed E-state index contributed by atoms with van der Waals surface area (Å²) in [5.41, 5.74) is 9.42. The first-order valence-corrected chi connectivity index (χ1v) is 9.96. The van der Waals surface area contributed by atoms with Crippen LogP contribution in [0.15, 0.2) is 58.8 Å². The average molecular weight is 411 g/mol. The summed E-state index contributed by atoms with van der Waals surface area (Å²) in [6, 6.07) is 12.1. The van der Waals surface area contributed by atoms with E-state index in [1.807, 2.05) is 37.2 Å². The predicted molar refractivity (Wildman–Crippen MR) is 119 cm³/mol. The Balaban J connectivity index is 2.03. The highest BCUT2D eigenvalue weighted by Crippen LogP contribution is 2.36. The Labute approximate surface area is 176 Å². The zero-order chi connectivity index (χ0) is 21.8. The van der Waals surface area contributed by atoms with E-state index in [-0.39, 0.29) is 11.5 Å². The topological polar surface area (TPSA) is 112 Å². The van der Waals surface area contributed by atoms with Crippen LogP contribution in [0.3, 0.4) is 0 Å². The fourth-order valence-electron chi connectivity index (χ4n) is 3.33. The zero-order valence-electron chi connectivity index (χ0n) is 17.7. The monoisotopic (exact) mass is 410 g/mol. The third kappa shape index (κ3) is 4.87. The van der Waals surface area contributed by atoms with Gasteiger partial charge in [0.2, 0.25) is 0 Å². The van der Waals surface area contributed by atoms with E-state index in [0.29, 0.717) is 23.4 Å². The summed E-state index contributed by atoms with van der Waals surface area (Å²) >= 11 is 0. The van der Waals surface area contributed by atoms with Gasteiger partial charge in [0, 0.05) is 30.2 Å². The van der Waals surface area contributed by atoms with Gasteiger partial charge in [0.05, 0.1) is 0 Å². The Morgan fingerprint density at radius 3 is 2.53 bits per heavy atom. The molecule has 7 heteroatoms. The molecule has 0 spiro atoms. The first kappa shape index (κ1) is 21.5. The number of nitrogens with zero attached hydrogens (tertiary/aromatic N) is 2. The number of aryl methyl sites for hydroxylation is 1. The Morgan fingerprint density at radius 2 is 1.87 bits per heavy atom. The van der Waals surface area contributed by atoms with Crippen LogP contribution >= 0.6 is 0 Å². The van der Waals surface area contributed by atoms with E-state index in [1.54, 1.807) is 12.3 Å². The SMILES string of the molecule is CCc1ccc2cc(C(c3ccc(O)c(O)c3)N(N)/C=C(\N)CCN(C)C)oc2c1. The number of nitrogens with two attached hydrogens (primary N) is 2. The molecule has 0 aliphatic rings. The molecule has 0 fully saturated rings. The van der Waals surface area contributed by atoms with E-state index in [9.17, 15) is 10.2 Å². The van der Waals surface area contributed by atoms with Gasteiger partial charge in [-0.2, -0.15) is 0 Å². The van der Waals surface area contributed by atoms with Crippen molar-refractivity contribution in [3.63, 3.8) is 0 Å². The molecule has 1 aromatic heterocycles. The fourth-order valence-corrected chi connectivity index (χ4v) is 3.33. The summed E-state index contributed by atoms with van der Waals surface area (Å²) in [4.78, 5) is 2.04. The van der Waals surface area contributed by atoms with Crippen LogP contribution in [0.5, 0.6) is 11.5 Å². The number of furan rings is 1. The van der Waals surface area contributed by atoms with Crippen LogP contribution in [-0.2, 0) is 6.42 Å². The lowest BCUT2D eigenvalue weighted by Gasteiger charge is -2.26. The van der Waals surface area contributed by atoms with Crippen molar-refractivity contribution in [1.82, 2.24) is 9.91 Å². The second-order valence-electron chi connectivity index (χ2n) is 7.73. The molecule has 0 bridgehead atoms. The van der Waals surface area contributed by atoms with Gasteiger partial charge in [-0.1, -0.05) is 25.1 Å². The number of rotatable bonds is 8. The Hall–Kier alpha value is -3.16. The summed E-state index contributed by atoms with van der Waals surface area (Å²) in [6.45, 7) is 2.89. The summed E-state index contributed by atoms with van der Waals surface area (Å²) in [6.07, 6.45) is 3.26. The van der Waals surface area contributed by atoms with Crippen molar-refractivity contribution in [2.75, 3.05) is 20.6 Å². The highest BCUT2D eigenvalue weighted by Gasteiger charge is 2.24. The molecule has 1 heterocycles. The lowest BCUT2D eigenvalue weighted by atomic mass is 10.0. The predicted octanol–water partition coefficient (Wildman–Crippen LogP) is 3.42. The number of phenols is 2. The van der Waals surface area contributed by atoms with E-state index in [2.05, 4.69) is 13.0 Å². The summed E-state index contributed by atoms with van der Waals surface area (Å²) < 4.78 is 6.15. The molecule has 7 nitrogen and oxygen atoms in total. The van der Waals surface area contributed by atoms with Crippen molar-refractivity contribution in [1.29, 1.82) is 0 Å². The number of benzene rings is 2. The van der Waals surface area contributed by atoms with Crippen LogP contribution in [0, 0.1) is 0 Å². The van der Waals surface area contributed by atoms with Crippen molar-refractivity contribution in [3.05, 3.63) is 71.2 Å². The summed E-state index contributed by atoms with van der Waals surface area (Å²) in [5.74, 6) is 6.61. The van der Waals surface area contributed by atoms with E-state index in [1.165, 1.54) is 22.7 Å². The number of fused-ring (bicyclic) bond motifs is 1. The van der Waals surface area contributed by atoms with Crippen molar-refractivity contribution < 1.29 is 14.6 Å². The first-order chi connectivity index (χ1) is 14.3. The molecule has 1 unspecified atom stereocenters. The maximum atomic E-state index is 10.0. The van der Waals surface area contributed by atoms with Crippen LogP contribution in [0.2, 0.25) is 0 Å². The maximum Gasteiger partial charge on any atom is 0.157 e. The van der Waals surface area contributed by atoms with E-state index >= 15 is 0 Å². The van der Waals surface area contributed by atoms with Crippen molar-refractivity contribution in [2.45, 2.75) is 25.8 Å². The third-order valence-electron chi connectivity index (χ3n) is 5.06. The molecule has 2 aromatic carbocycles. The van der Waals surface area contributed by atoms with Gasteiger partial charge >= 0.3 is 0 Å². The maximum absolute atomic E-state index is 10.0. The van der Waals surface area contributed by atoms with Gasteiger partial charge in [0.1, 0.15) is 17.4 Å². The second kappa shape index (κ2) is 9.11.